The van der Waals surface area contributed by atoms with E-state index in [1.54, 1.807) is 36.5 Å². The van der Waals surface area contributed by atoms with Gasteiger partial charge >= 0.3 is 5.97 Å². The Bertz CT molecular complexity index is 622. The summed E-state index contributed by atoms with van der Waals surface area (Å²) >= 11 is 1.78. The third-order valence-electron chi connectivity index (χ3n) is 3.08. The number of nitrogen functional groups attached to an aromatic ring is 1. The molecule has 0 unspecified atom stereocenters. The van der Waals surface area contributed by atoms with E-state index < -0.39 is 0 Å². The quantitative estimate of drug-likeness (QED) is 0.631. The van der Waals surface area contributed by atoms with Crippen LogP contribution < -0.4 is 11.1 Å². The van der Waals surface area contributed by atoms with Crippen molar-refractivity contribution in [3.8, 4) is 0 Å². The predicted molar refractivity (Wildman–Crippen MR) is 87.8 cm³/mol. The average Bonchev–Trinajstić information content (AvgIpc) is 2.94. The van der Waals surface area contributed by atoms with Crippen molar-refractivity contribution in [1.29, 1.82) is 0 Å². The number of hydrogen-bond donors (Lipinski definition) is 2. The maximum atomic E-state index is 11.7. The van der Waals surface area contributed by atoms with E-state index in [2.05, 4.69) is 24.4 Å². The molecule has 112 valence electrons. The van der Waals surface area contributed by atoms with Gasteiger partial charge < -0.3 is 15.8 Å². The number of ether oxygens (including phenoxy) is 1. The molecule has 0 saturated heterocycles. The standard InChI is InChI=1S/C16H20N2O2S/c1-3-12-6-7-13(21-12)10-18-15-9-11(5-8-14(15)17)16(19)20-4-2/h5-9,18H,3-4,10,17H2,1-2H3. The molecule has 0 fully saturated rings. The minimum Gasteiger partial charge on any atom is -0.462 e. The van der Waals surface area contributed by atoms with Gasteiger partial charge in [-0.25, -0.2) is 4.79 Å². The number of thiophene rings is 1. The summed E-state index contributed by atoms with van der Waals surface area (Å²) in [6.45, 7) is 4.99. The second-order valence-electron chi connectivity index (χ2n) is 4.60. The molecule has 2 aromatic rings. The fourth-order valence-electron chi connectivity index (χ4n) is 1.94. The van der Waals surface area contributed by atoms with Gasteiger partial charge in [0.25, 0.3) is 0 Å². The molecular weight excluding hydrogens is 284 g/mol. The molecule has 1 heterocycles. The topological polar surface area (TPSA) is 64.3 Å². The Kier molecular flexibility index (Phi) is 5.22. The van der Waals surface area contributed by atoms with E-state index in [9.17, 15) is 4.79 Å². The first-order valence-corrected chi connectivity index (χ1v) is 7.83. The number of esters is 1. The summed E-state index contributed by atoms with van der Waals surface area (Å²) in [5, 5.41) is 3.28. The molecule has 1 aromatic carbocycles. The van der Waals surface area contributed by atoms with Gasteiger partial charge in [-0.2, -0.15) is 0 Å². The molecule has 2 rings (SSSR count). The number of nitrogens with one attached hydrogen (secondary N) is 1. The molecule has 1 aromatic heterocycles. The Labute approximate surface area is 128 Å². The second-order valence-corrected chi connectivity index (χ2v) is 5.85. The van der Waals surface area contributed by atoms with E-state index in [0.717, 1.165) is 12.1 Å². The summed E-state index contributed by atoms with van der Waals surface area (Å²) in [7, 11) is 0. The lowest BCUT2D eigenvalue weighted by molar-refractivity contribution is 0.0526. The van der Waals surface area contributed by atoms with Gasteiger partial charge in [0.15, 0.2) is 0 Å². The minimum absolute atomic E-state index is 0.329. The van der Waals surface area contributed by atoms with Crippen molar-refractivity contribution in [2.45, 2.75) is 26.8 Å². The maximum Gasteiger partial charge on any atom is 0.338 e. The van der Waals surface area contributed by atoms with Crippen molar-refractivity contribution < 1.29 is 9.53 Å². The Hall–Kier alpha value is -2.01. The summed E-state index contributed by atoms with van der Waals surface area (Å²) in [6.07, 6.45) is 1.05. The van der Waals surface area contributed by atoms with Gasteiger partial charge in [0.05, 0.1) is 23.5 Å². The Morgan fingerprint density at radius 3 is 2.67 bits per heavy atom. The Morgan fingerprint density at radius 2 is 2.00 bits per heavy atom. The smallest absolute Gasteiger partial charge is 0.338 e. The van der Waals surface area contributed by atoms with Crippen molar-refractivity contribution in [2.24, 2.45) is 0 Å². The van der Waals surface area contributed by atoms with Crippen molar-refractivity contribution in [3.63, 3.8) is 0 Å². The van der Waals surface area contributed by atoms with E-state index >= 15 is 0 Å². The van der Waals surface area contributed by atoms with Crippen LogP contribution in [-0.2, 0) is 17.7 Å². The number of aryl methyl sites for hydroxylation is 1. The average molecular weight is 304 g/mol. The van der Waals surface area contributed by atoms with Crippen LogP contribution in [0.1, 0.15) is 34.0 Å². The van der Waals surface area contributed by atoms with Gasteiger partial charge in [-0.05, 0) is 43.7 Å². The summed E-state index contributed by atoms with van der Waals surface area (Å²) in [4.78, 5) is 14.3. The molecule has 0 aliphatic heterocycles. The molecule has 4 nitrogen and oxygen atoms in total. The number of nitrogens with two attached hydrogens (primary N) is 1. The van der Waals surface area contributed by atoms with Crippen LogP contribution in [0.3, 0.4) is 0 Å². The van der Waals surface area contributed by atoms with Crippen molar-refractivity contribution in [3.05, 3.63) is 45.6 Å². The summed E-state index contributed by atoms with van der Waals surface area (Å²) in [5.74, 6) is -0.329. The van der Waals surface area contributed by atoms with Crippen molar-refractivity contribution >= 4 is 28.7 Å². The fourth-order valence-corrected chi connectivity index (χ4v) is 2.84. The molecule has 21 heavy (non-hydrogen) atoms. The molecule has 0 spiro atoms. The van der Waals surface area contributed by atoms with Crippen LogP contribution >= 0.6 is 11.3 Å². The fraction of sp³-hybridized carbons (Fsp3) is 0.312. The Balaban J connectivity index is 2.08. The van der Waals surface area contributed by atoms with Gasteiger partial charge in [0.2, 0.25) is 0 Å². The molecule has 0 atom stereocenters. The van der Waals surface area contributed by atoms with Crippen LogP contribution in [0.5, 0.6) is 0 Å². The summed E-state index contributed by atoms with van der Waals surface area (Å²) < 4.78 is 5.00. The summed E-state index contributed by atoms with van der Waals surface area (Å²) in [5.41, 5.74) is 7.83. The van der Waals surface area contributed by atoms with Crippen molar-refractivity contribution in [1.82, 2.24) is 0 Å². The highest BCUT2D eigenvalue weighted by atomic mass is 32.1. The molecule has 5 heteroatoms. The van der Waals surface area contributed by atoms with E-state index in [-0.39, 0.29) is 5.97 Å². The lowest BCUT2D eigenvalue weighted by Crippen LogP contribution is -2.07. The third kappa shape index (κ3) is 3.98. The zero-order chi connectivity index (χ0) is 15.2. The highest BCUT2D eigenvalue weighted by molar-refractivity contribution is 7.12. The van der Waals surface area contributed by atoms with Gasteiger partial charge in [0, 0.05) is 16.3 Å². The van der Waals surface area contributed by atoms with Crippen LogP contribution in [-0.4, -0.2) is 12.6 Å². The minimum atomic E-state index is -0.329. The van der Waals surface area contributed by atoms with Gasteiger partial charge in [-0.1, -0.05) is 6.92 Å². The molecule has 3 N–H and O–H groups in total. The molecule has 0 radical (unpaired) electrons. The summed E-state index contributed by atoms with van der Waals surface area (Å²) in [6, 6.07) is 9.39. The zero-order valence-corrected chi connectivity index (χ0v) is 13.1. The lowest BCUT2D eigenvalue weighted by atomic mass is 10.1. The first kappa shape index (κ1) is 15.4. The second kappa shape index (κ2) is 7.13. The van der Waals surface area contributed by atoms with Crippen LogP contribution in [0, 0.1) is 0 Å². The largest absolute Gasteiger partial charge is 0.462 e. The van der Waals surface area contributed by atoms with Gasteiger partial charge in [-0.3, -0.25) is 0 Å². The van der Waals surface area contributed by atoms with E-state index in [1.165, 1.54) is 9.75 Å². The zero-order valence-electron chi connectivity index (χ0n) is 12.3. The molecular formula is C16H20N2O2S. The number of benzene rings is 1. The number of anilines is 2. The third-order valence-corrected chi connectivity index (χ3v) is 4.31. The van der Waals surface area contributed by atoms with E-state index in [4.69, 9.17) is 10.5 Å². The van der Waals surface area contributed by atoms with Crippen LogP contribution in [0.15, 0.2) is 30.3 Å². The predicted octanol–water partition coefficient (Wildman–Crippen LogP) is 3.68. The van der Waals surface area contributed by atoms with Crippen LogP contribution in [0.2, 0.25) is 0 Å². The van der Waals surface area contributed by atoms with E-state index in [0.29, 0.717) is 24.4 Å². The highest BCUT2D eigenvalue weighted by Gasteiger charge is 2.09. The molecule has 0 amide bonds. The number of rotatable bonds is 6. The molecule has 0 bridgehead atoms. The van der Waals surface area contributed by atoms with Crippen molar-refractivity contribution in [2.75, 3.05) is 17.7 Å². The first-order valence-electron chi connectivity index (χ1n) is 7.02. The van der Waals surface area contributed by atoms with Gasteiger partial charge in [0.1, 0.15) is 0 Å². The molecule has 0 saturated carbocycles. The molecule has 0 aliphatic rings. The number of hydrogen-bond acceptors (Lipinski definition) is 5. The monoisotopic (exact) mass is 304 g/mol. The maximum absolute atomic E-state index is 11.7. The normalized spacial score (nSPS) is 10.4. The lowest BCUT2D eigenvalue weighted by Gasteiger charge is -2.10. The highest BCUT2D eigenvalue weighted by Crippen LogP contribution is 2.23. The molecule has 0 aliphatic carbocycles. The first-order chi connectivity index (χ1) is 10.1. The number of carbonyl (C=O) groups is 1. The number of carbonyl (C=O) groups excluding carboxylic acids is 1. The SMILES string of the molecule is CCOC(=O)c1ccc(N)c(NCc2ccc(CC)s2)c1. The van der Waals surface area contributed by atoms with Crippen LogP contribution in [0.4, 0.5) is 11.4 Å². The van der Waals surface area contributed by atoms with Gasteiger partial charge in [-0.15, -0.1) is 11.3 Å². The van der Waals surface area contributed by atoms with Crippen LogP contribution in [0.25, 0.3) is 0 Å². The van der Waals surface area contributed by atoms with E-state index in [1.807, 2.05) is 0 Å². The Morgan fingerprint density at radius 1 is 1.24 bits per heavy atom.